The van der Waals surface area contributed by atoms with E-state index in [1.807, 2.05) is 23.4 Å². The Morgan fingerprint density at radius 1 is 1.22 bits per heavy atom. The molecule has 2 aromatic rings. The second-order valence-corrected chi connectivity index (χ2v) is 7.37. The number of hydrazine groups is 1. The molecule has 3 aliphatic rings. The lowest BCUT2D eigenvalue weighted by Gasteiger charge is -2.35. The minimum absolute atomic E-state index is 0.393. The molecule has 3 heterocycles. The third-order valence-electron chi connectivity index (χ3n) is 5.68. The molecule has 1 saturated carbocycles. The number of aliphatic carboxylic acids is 1. The predicted molar refractivity (Wildman–Crippen MR) is 103 cm³/mol. The first kappa shape index (κ1) is 16.3. The molecule has 1 atom stereocenters. The molecule has 2 aliphatic heterocycles. The van der Waals surface area contributed by atoms with Gasteiger partial charge >= 0.3 is 5.97 Å². The first-order chi connectivity index (χ1) is 13.2. The normalized spacial score (nSPS) is 23.0. The van der Waals surface area contributed by atoms with Crippen molar-refractivity contribution in [1.82, 2.24) is 10.4 Å². The Labute approximate surface area is 156 Å². The van der Waals surface area contributed by atoms with Crippen LogP contribution in [0.3, 0.4) is 0 Å². The number of benzene rings is 1. The highest BCUT2D eigenvalue weighted by atomic mass is 16.4. The fourth-order valence-corrected chi connectivity index (χ4v) is 4.34. The van der Waals surface area contributed by atoms with Gasteiger partial charge < -0.3 is 9.52 Å². The van der Waals surface area contributed by atoms with E-state index in [0.717, 1.165) is 40.6 Å². The molecule has 5 rings (SSSR count). The number of hydrogen-bond acceptors (Lipinski definition) is 5. The van der Waals surface area contributed by atoms with Crippen LogP contribution in [-0.4, -0.2) is 28.3 Å². The van der Waals surface area contributed by atoms with Crippen LogP contribution in [0.15, 0.2) is 57.5 Å². The Bertz CT molecular complexity index is 995. The third-order valence-corrected chi connectivity index (χ3v) is 5.68. The standard InChI is InChI=1S/C21H21N3O3/c25-21(26)17-11-19-22-12-16(14-6-7-18-15(10-14)8-9-27-18)20(24(19)23-17)13-4-2-1-3-5-13/h6-13,17,23H,1-5H2,(H,25,26). The summed E-state index contributed by atoms with van der Waals surface area (Å²) in [6, 6.07) is 7.36. The zero-order valence-corrected chi connectivity index (χ0v) is 14.9. The first-order valence-corrected chi connectivity index (χ1v) is 9.47. The largest absolute Gasteiger partial charge is 0.480 e. The van der Waals surface area contributed by atoms with Crippen molar-refractivity contribution in [3.63, 3.8) is 0 Å². The van der Waals surface area contributed by atoms with Crippen LogP contribution in [0, 0.1) is 5.92 Å². The molecule has 1 aliphatic carbocycles. The van der Waals surface area contributed by atoms with Crippen molar-refractivity contribution in [3.8, 4) is 0 Å². The van der Waals surface area contributed by atoms with Gasteiger partial charge in [0.25, 0.3) is 0 Å². The van der Waals surface area contributed by atoms with Crippen molar-refractivity contribution in [2.45, 2.75) is 38.1 Å². The number of carboxylic acid groups (broad SMARTS) is 1. The van der Waals surface area contributed by atoms with Crippen LogP contribution in [0.5, 0.6) is 0 Å². The topological polar surface area (TPSA) is 78.1 Å². The van der Waals surface area contributed by atoms with E-state index in [-0.39, 0.29) is 0 Å². The molecule has 0 spiro atoms. The molecule has 2 N–H and O–H groups in total. The second-order valence-electron chi connectivity index (χ2n) is 7.37. The number of fused-ring (bicyclic) bond motifs is 2. The minimum Gasteiger partial charge on any atom is -0.480 e. The summed E-state index contributed by atoms with van der Waals surface area (Å²) in [6.45, 7) is 0. The summed E-state index contributed by atoms with van der Waals surface area (Å²) in [4.78, 5) is 16.0. The Morgan fingerprint density at radius 3 is 2.89 bits per heavy atom. The van der Waals surface area contributed by atoms with Gasteiger partial charge in [0.1, 0.15) is 17.4 Å². The van der Waals surface area contributed by atoms with Crippen molar-refractivity contribution >= 4 is 28.7 Å². The number of furan rings is 1. The maximum absolute atomic E-state index is 11.5. The van der Waals surface area contributed by atoms with Crippen LogP contribution in [0.4, 0.5) is 0 Å². The lowest BCUT2D eigenvalue weighted by Crippen LogP contribution is -2.43. The number of nitrogens with zero attached hydrogens (tertiary/aromatic N) is 2. The van der Waals surface area contributed by atoms with Gasteiger partial charge in [-0.1, -0.05) is 25.3 Å². The zero-order chi connectivity index (χ0) is 18.4. The summed E-state index contributed by atoms with van der Waals surface area (Å²) in [5, 5.41) is 12.4. The summed E-state index contributed by atoms with van der Waals surface area (Å²) in [7, 11) is 0. The van der Waals surface area contributed by atoms with Crippen LogP contribution in [0.25, 0.3) is 16.5 Å². The highest BCUT2D eigenvalue weighted by molar-refractivity contribution is 6.13. The van der Waals surface area contributed by atoms with E-state index in [9.17, 15) is 9.90 Å². The van der Waals surface area contributed by atoms with Gasteiger partial charge in [-0.15, -0.1) is 0 Å². The van der Waals surface area contributed by atoms with Crippen LogP contribution < -0.4 is 5.43 Å². The van der Waals surface area contributed by atoms with Gasteiger partial charge in [0, 0.05) is 28.8 Å². The van der Waals surface area contributed by atoms with Gasteiger partial charge in [0.2, 0.25) is 0 Å². The van der Waals surface area contributed by atoms with Crippen LogP contribution in [-0.2, 0) is 4.79 Å². The molecular weight excluding hydrogens is 342 g/mol. The summed E-state index contributed by atoms with van der Waals surface area (Å²) in [6.07, 6.45) is 11.2. The van der Waals surface area contributed by atoms with Crippen molar-refractivity contribution in [2.75, 3.05) is 0 Å². The molecule has 27 heavy (non-hydrogen) atoms. The van der Waals surface area contributed by atoms with E-state index in [1.54, 1.807) is 12.3 Å². The Morgan fingerprint density at radius 2 is 2.07 bits per heavy atom. The Kier molecular flexibility index (Phi) is 3.86. The van der Waals surface area contributed by atoms with Gasteiger partial charge in [-0.05, 0) is 42.7 Å². The highest BCUT2D eigenvalue weighted by Crippen LogP contribution is 2.40. The van der Waals surface area contributed by atoms with Gasteiger partial charge in [-0.3, -0.25) is 9.80 Å². The van der Waals surface area contributed by atoms with Gasteiger partial charge in [-0.2, -0.15) is 0 Å². The molecule has 0 radical (unpaired) electrons. The number of aliphatic imine (C=N–C) groups is 1. The monoisotopic (exact) mass is 363 g/mol. The average molecular weight is 363 g/mol. The summed E-state index contributed by atoms with van der Waals surface area (Å²) >= 11 is 0. The maximum Gasteiger partial charge on any atom is 0.326 e. The van der Waals surface area contributed by atoms with E-state index in [0.29, 0.717) is 11.7 Å². The van der Waals surface area contributed by atoms with Crippen molar-refractivity contribution < 1.29 is 14.3 Å². The third kappa shape index (κ3) is 2.77. The summed E-state index contributed by atoms with van der Waals surface area (Å²) < 4.78 is 5.47. The summed E-state index contributed by atoms with van der Waals surface area (Å²) in [5.41, 5.74) is 7.26. The lowest BCUT2D eigenvalue weighted by atomic mass is 9.83. The Hall–Kier alpha value is -2.86. The molecule has 1 aromatic carbocycles. The van der Waals surface area contributed by atoms with E-state index in [4.69, 9.17) is 4.42 Å². The molecule has 0 bridgehead atoms. The predicted octanol–water partition coefficient (Wildman–Crippen LogP) is 3.92. The fourth-order valence-electron chi connectivity index (χ4n) is 4.34. The van der Waals surface area contributed by atoms with E-state index < -0.39 is 12.0 Å². The number of rotatable bonds is 3. The molecule has 1 fully saturated rings. The highest BCUT2D eigenvalue weighted by Gasteiger charge is 2.36. The van der Waals surface area contributed by atoms with E-state index >= 15 is 0 Å². The molecule has 0 amide bonds. The van der Waals surface area contributed by atoms with Crippen molar-refractivity contribution in [3.05, 3.63) is 53.7 Å². The minimum atomic E-state index is -0.892. The molecule has 138 valence electrons. The Balaban J connectivity index is 1.62. The molecule has 1 aromatic heterocycles. The average Bonchev–Trinajstić information content (AvgIpc) is 3.34. The number of nitrogens with one attached hydrogen (secondary N) is 1. The van der Waals surface area contributed by atoms with Crippen LogP contribution in [0.2, 0.25) is 0 Å². The smallest absolute Gasteiger partial charge is 0.326 e. The van der Waals surface area contributed by atoms with E-state index in [2.05, 4.69) is 22.6 Å². The molecule has 0 saturated heterocycles. The van der Waals surface area contributed by atoms with Crippen LogP contribution >= 0.6 is 0 Å². The van der Waals surface area contributed by atoms with Crippen molar-refractivity contribution in [2.24, 2.45) is 10.9 Å². The fraction of sp³-hybridized carbons (Fsp3) is 0.333. The van der Waals surface area contributed by atoms with Crippen LogP contribution in [0.1, 0.15) is 37.7 Å². The van der Waals surface area contributed by atoms with Gasteiger partial charge in [-0.25, -0.2) is 10.4 Å². The van der Waals surface area contributed by atoms with E-state index in [1.165, 1.54) is 19.3 Å². The molecule has 6 heteroatoms. The molecule has 1 unspecified atom stereocenters. The zero-order valence-electron chi connectivity index (χ0n) is 14.9. The number of hydrogen-bond donors (Lipinski definition) is 2. The molecule has 6 nitrogen and oxygen atoms in total. The number of carbonyl (C=O) groups is 1. The number of carboxylic acids is 1. The lowest BCUT2D eigenvalue weighted by molar-refractivity contribution is -0.138. The van der Waals surface area contributed by atoms with Gasteiger partial charge in [0.15, 0.2) is 0 Å². The summed E-state index contributed by atoms with van der Waals surface area (Å²) in [5.74, 6) is 0.177. The molecular formula is C21H21N3O3. The first-order valence-electron chi connectivity index (χ1n) is 9.47. The SMILES string of the molecule is O=C(O)C1C=C2N=CC(c3ccc4occc4c3)=C(C3CCCCC3)N2N1. The number of allylic oxidation sites excluding steroid dienone is 2. The van der Waals surface area contributed by atoms with Crippen molar-refractivity contribution in [1.29, 1.82) is 0 Å². The maximum atomic E-state index is 11.5. The van der Waals surface area contributed by atoms with Gasteiger partial charge in [0.05, 0.1) is 6.26 Å². The second kappa shape index (κ2) is 6.39. The quantitative estimate of drug-likeness (QED) is 0.864.